The SMILES string of the molecule is CC(CCCN(C)C)NC(=O)O. The lowest BCUT2D eigenvalue weighted by molar-refractivity contribution is 0.189. The molecule has 1 atom stereocenters. The van der Waals surface area contributed by atoms with E-state index in [0.717, 1.165) is 19.4 Å². The number of nitrogens with one attached hydrogen (secondary N) is 1. The molecule has 0 aliphatic carbocycles. The highest BCUT2D eigenvalue weighted by molar-refractivity contribution is 5.64. The van der Waals surface area contributed by atoms with Gasteiger partial charge in [0.1, 0.15) is 0 Å². The lowest BCUT2D eigenvalue weighted by Gasteiger charge is -2.13. The van der Waals surface area contributed by atoms with E-state index in [1.807, 2.05) is 21.0 Å². The normalized spacial score (nSPS) is 13.0. The number of carboxylic acid groups (broad SMARTS) is 1. The molecule has 4 nitrogen and oxygen atoms in total. The van der Waals surface area contributed by atoms with E-state index in [-0.39, 0.29) is 6.04 Å². The zero-order chi connectivity index (χ0) is 9.56. The van der Waals surface area contributed by atoms with Crippen LogP contribution >= 0.6 is 0 Å². The first-order valence-electron chi connectivity index (χ1n) is 4.16. The second-order valence-electron chi connectivity index (χ2n) is 3.30. The molecule has 1 amide bonds. The second-order valence-corrected chi connectivity index (χ2v) is 3.30. The third kappa shape index (κ3) is 7.34. The van der Waals surface area contributed by atoms with Crippen molar-refractivity contribution in [3.8, 4) is 0 Å². The third-order valence-electron chi connectivity index (χ3n) is 1.61. The minimum atomic E-state index is -0.938. The number of hydrogen-bond donors (Lipinski definition) is 2. The Morgan fingerprint density at radius 3 is 2.58 bits per heavy atom. The first-order chi connectivity index (χ1) is 5.52. The fraction of sp³-hybridized carbons (Fsp3) is 0.875. The van der Waals surface area contributed by atoms with Crippen LogP contribution in [0.1, 0.15) is 19.8 Å². The summed E-state index contributed by atoms with van der Waals surface area (Å²) in [7, 11) is 4.02. The second kappa shape index (κ2) is 5.83. The summed E-state index contributed by atoms with van der Waals surface area (Å²) in [6.45, 7) is 2.88. The smallest absolute Gasteiger partial charge is 0.404 e. The van der Waals surface area contributed by atoms with E-state index >= 15 is 0 Å². The van der Waals surface area contributed by atoms with Gasteiger partial charge < -0.3 is 15.3 Å². The Balaban J connectivity index is 3.31. The lowest BCUT2D eigenvalue weighted by Crippen LogP contribution is -2.31. The van der Waals surface area contributed by atoms with Gasteiger partial charge in [0.2, 0.25) is 0 Å². The van der Waals surface area contributed by atoms with Gasteiger partial charge in [-0.2, -0.15) is 0 Å². The highest BCUT2D eigenvalue weighted by Gasteiger charge is 2.04. The van der Waals surface area contributed by atoms with Crippen LogP contribution in [0.15, 0.2) is 0 Å². The average Bonchev–Trinajstić information content (AvgIpc) is 1.84. The third-order valence-corrected chi connectivity index (χ3v) is 1.61. The van der Waals surface area contributed by atoms with Gasteiger partial charge in [-0.3, -0.25) is 0 Å². The van der Waals surface area contributed by atoms with Crippen LogP contribution in [0.3, 0.4) is 0 Å². The standard InChI is InChI=1S/C8H18N2O2/c1-7(9-8(11)12)5-4-6-10(2)3/h7,9H,4-6H2,1-3H3,(H,11,12). The number of carbonyl (C=O) groups is 1. The largest absolute Gasteiger partial charge is 0.465 e. The van der Waals surface area contributed by atoms with Crippen LogP contribution in [0.2, 0.25) is 0 Å². The molecular weight excluding hydrogens is 156 g/mol. The maximum Gasteiger partial charge on any atom is 0.404 e. The Bertz CT molecular complexity index is 137. The molecule has 0 aliphatic rings. The van der Waals surface area contributed by atoms with Gasteiger partial charge in [0.25, 0.3) is 0 Å². The average molecular weight is 174 g/mol. The van der Waals surface area contributed by atoms with E-state index in [0.29, 0.717) is 0 Å². The highest BCUT2D eigenvalue weighted by Crippen LogP contribution is 1.96. The fourth-order valence-electron chi connectivity index (χ4n) is 0.997. The molecule has 0 aromatic rings. The van der Waals surface area contributed by atoms with Crippen molar-refractivity contribution in [2.45, 2.75) is 25.8 Å². The summed E-state index contributed by atoms with van der Waals surface area (Å²) in [5, 5.41) is 10.8. The Kier molecular flexibility index (Phi) is 5.45. The topological polar surface area (TPSA) is 52.6 Å². The summed E-state index contributed by atoms with van der Waals surface area (Å²) in [6, 6.07) is 0.0578. The number of hydrogen-bond acceptors (Lipinski definition) is 2. The first kappa shape index (κ1) is 11.2. The summed E-state index contributed by atoms with van der Waals surface area (Å²) >= 11 is 0. The van der Waals surface area contributed by atoms with Gasteiger partial charge in [0.15, 0.2) is 0 Å². The van der Waals surface area contributed by atoms with Crippen molar-refractivity contribution in [3.05, 3.63) is 0 Å². The van der Waals surface area contributed by atoms with Gasteiger partial charge in [-0.05, 0) is 40.4 Å². The molecule has 0 aliphatic heterocycles. The predicted molar refractivity (Wildman–Crippen MR) is 48.4 cm³/mol. The van der Waals surface area contributed by atoms with Crippen LogP contribution in [0.4, 0.5) is 4.79 Å². The Hall–Kier alpha value is -0.770. The molecule has 0 radical (unpaired) electrons. The van der Waals surface area contributed by atoms with Crippen LogP contribution in [-0.2, 0) is 0 Å². The van der Waals surface area contributed by atoms with Gasteiger partial charge in [0.05, 0.1) is 0 Å². The van der Waals surface area contributed by atoms with E-state index in [2.05, 4.69) is 10.2 Å². The van der Waals surface area contributed by atoms with Crippen LogP contribution in [0.25, 0.3) is 0 Å². The predicted octanol–water partition coefficient (Wildman–Crippen LogP) is 0.984. The van der Waals surface area contributed by atoms with Crippen molar-refractivity contribution < 1.29 is 9.90 Å². The molecule has 0 spiro atoms. The molecule has 0 saturated heterocycles. The van der Waals surface area contributed by atoms with Crippen molar-refractivity contribution in [1.29, 1.82) is 0 Å². The van der Waals surface area contributed by atoms with Crippen LogP contribution in [0, 0.1) is 0 Å². The van der Waals surface area contributed by atoms with E-state index in [4.69, 9.17) is 5.11 Å². The number of rotatable bonds is 5. The summed E-state index contributed by atoms with van der Waals surface area (Å²) in [5.74, 6) is 0. The number of nitrogens with zero attached hydrogens (tertiary/aromatic N) is 1. The Labute approximate surface area is 73.6 Å². The highest BCUT2D eigenvalue weighted by atomic mass is 16.4. The van der Waals surface area contributed by atoms with Crippen molar-refractivity contribution >= 4 is 6.09 Å². The van der Waals surface area contributed by atoms with E-state index in [9.17, 15) is 4.79 Å². The van der Waals surface area contributed by atoms with Gasteiger partial charge in [0, 0.05) is 6.04 Å². The lowest BCUT2D eigenvalue weighted by atomic mass is 10.2. The van der Waals surface area contributed by atoms with Crippen molar-refractivity contribution in [2.24, 2.45) is 0 Å². The molecule has 12 heavy (non-hydrogen) atoms. The maximum absolute atomic E-state index is 10.2. The minimum Gasteiger partial charge on any atom is -0.465 e. The molecule has 0 heterocycles. The van der Waals surface area contributed by atoms with Gasteiger partial charge >= 0.3 is 6.09 Å². The molecule has 4 heteroatoms. The molecule has 0 aromatic carbocycles. The number of amides is 1. The molecule has 0 aromatic heterocycles. The van der Waals surface area contributed by atoms with Gasteiger partial charge in [-0.25, -0.2) is 4.79 Å². The zero-order valence-electron chi connectivity index (χ0n) is 8.00. The Morgan fingerprint density at radius 2 is 2.17 bits per heavy atom. The Morgan fingerprint density at radius 1 is 1.58 bits per heavy atom. The summed E-state index contributed by atoms with van der Waals surface area (Å²) in [5.41, 5.74) is 0. The first-order valence-corrected chi connectivity index (χ1v) is 4.16. The van der Waals surface area contributed by atoms with E-state index in [1.54, 1.807) is 0 Å². The molecule has 1 unspecified atom stereocenters. The molecule has 0 rings (SSSR count). The fourth-order valence-corrected chi connectivity index (χ4v) is 0.997. The van der Waals surface area contributed by atoms with Gasteiger partial charge in [-0.1, -0.05) is 0 Å². The zero-order valence-corrected chi connectivity index (χ0v) is 8.00. The molecule has 72 valence electrons. The monoisotopic (exact) mass is 174 g/mol. The molecule has 0 saturated carbocycles. The van der Waals surface area contributed by atoms with Crippen LogP contribution in [-0.4, -0.2) is 42.8 Å². The van der Waals surface area contributed by atoms with Crippen molar-refractivity contribution in [3.63, 3.8) is 0 Å². The molecular formula is C8H18N2O2. The van der Waals surface area contributed by atoms with Crippen molar-refractivity contribution in [1.82, 2.24) is 10.2 Å². The molecule has 0 fully saturated rings. The van der Waals surface area contributed by atoms with Crippen LogP contribution in [0.5, 0.6) is 0 Å². The van der Waals surface area contributed by atoms with Gasteiger partial charge in [-0.15, -0.1) is 0 Å². The van der Waals surface area contributed by atoms with E-state index < -0.39 is 6.09 Å². The summed E-state index contributed by atoms with van der Waals surface area (Å²) in [6.07, 6.45) is 0.978. The van der Waals surface area contributed by atoms with Crippen molar-refractivity contribution in [2.75, 3.05) is 20.6 Å². The van der Waals surface area contributed by atoms with E-state index in [1.165, 1.54) is 0 Å². The minimum absolute atomic E-state index is 0.0578. The maximum atomic E-state index is 10.2. The molecule has 0 bridgehead atoms. The summed E-state index contributed by atoms with van der Waals surface area (Å²) in [4.78, 5) is 12.3. The molecule has 2 N–H and O–H groups in total. The summed E-state index contributed by atoms with van der Waals surface area (Å²) < 4.78 is 0. The quantitative estimate of drug-likeness (QED) is 0.653. The van der Waals surface area contributed by atoms with Crippen LogP contribution < -0.4 is 5.32 Å².